The van der Waals surface area contributed by atoms with Gasteiger partial charge in [0.05, 0.1) is 0 Å². The second kappa shape index (κ2) is 9.04. The third kappa shape index (κ3) is 5.21. The van der Waals surface area contributed by atoms with E-state index >= 15 is 0 Å². The second-order valence-electron chi connectivity index (χ2n) is 6.82. The highest BCUT2D eigenvalue weighted by molar-refractivity contribution is 5.96. The van der Waals surface area contributed by atoms with Crippen molar-refractivity contribution in [3.05, 3.63) is 29.3 Å². The van der Waals surface area contributed by atoms with Crippen molar-refractivity contribution in [3.8, 4) is 0 Å². The van der Waals surface area contributed by atoms with Gasteiger partial charge in [-0.15, -0.1) is 12.4 Å². The molecule has 2 amide bonds. The molecule has 1 saturated heterocycles. The van der Waals surface area contributed by atoms with Gasteiger partial charge in [0.25, 0.3) is 5.91 Å². The molecule has 1 aromatic carbocycles. The summed E-state index contributed by atoms with van der Waals surface area (Å²) in [6, 6.07) is 5.45. The minimum Gasteiger partial charge on any atom is -0.338 e. The Morgan fingerprint density at radius 2 is 2.08 bits per heavy atom. The molecule has 1 unspecified atom stereocenters. The number of hydrogen-bond donors (Lipinski definition) is 2. The number of aryl methyl sites for hydroxylation is 1. The summed E-state index contributed by atoms with van der Waals surface area (Å²) in [6.45, 7) is 8.07. The van der Waals surface area contributed by atoms with Crippen LogP contribution in [0.5, 0.6) is 0 Å². The summed E-state index contributed by atoms with van der Waals surface area (Å²) in [6.07, 6.45) is 1.47. The van der Waals surface area contributed by atoms with Gasteiger partial charge < -0.3 is 16.0 Å². The number of hydrogen-bond acceptors (Lipinski definition) is 3. The smallest absolute Gasteiger partial charge is 0.253 e. The highest BCUT2D eigenvalue weighted by Gasteiger charge is 2.26. The molecule has 24 heavy (non-hydrogen) atoms. The molecule has 1 fully saturated rings. The molecular formula is C18H28ClN3O2. The molecule has 5 nitrogen and oxygen atoms in total. The Morgan fingerprint density at radius 3 is 2.62 bits per heavy atom. The fourth-order valence-corrected chi connectivity index (χ4v) is 2.90. The van der Waals surface area contributed by atoms with Crippen molar-refractivity contribution in [2.75, 3.05) is 25.0 Å². The zero-order valence-electron chi connectivity index (χ0n) is 14.7. The van der Waals surface area contributed by atoms with Crippen LogP contribution >= 0.6 is 12.4 Å². The van der Waals surface area contributed by atoms with E-state index in [1.54, 1.807) is 6.07 Å². The van der Waals surface area contributed by atoms with E-state index in [2.05, 4.69) is 5.32 Å². The molecule has 134 valence electrons. The van der Waals surface area contributed by atoms with Crippen LogP contribution in [0.4, 0.5) is 5.69 Å². The largest absolute Gasteiger partial charge is 0.338 e. The van der Waals surface area contributed by atoms with Gasteiger partial charge in [-0.2, -0.15) is 0 Å². The third-order valence-corrected chi connectivity index (χ3v) is 4.25. The van der Waals surface area contributed by atoms with Crippen molar-refractivity contribution in [2.45, 2.75) is 33.6 Å². The van der Waals surface area contributed by atoms with Crippen LogP contribution in [0.3, 0.4) is 0 Å². The molecule has 0 spiro atoms. The van der Waals surface area contributed by atoms with Crippen LogP contribution in [-0.2, 0) is 4.79 Å². The maximum atomic E-state index is 12.5. The molecule has 0 aliphatic carbocycles. The van der Waals surface area contributed by atoms with Gasteiger partial charge in [-0.3, -0.25) is 9.59 Å². The van der Waals surface area contributed by atoms with Crippen LogP contribution in [0.1, 0.15) is 42.6 Å². The van der Waals surface area contributed by atoms with E-state index in [0.29, 0.717) is 30.4 Å². The zero-order chi connectivity index (χ0) is 17.0. The van der Waals surface area contributed by atoms with E-state index in [1.807, 2.05) is 37.8 Å². The molecular weight excluding hydrogens is 326 g/mol. The number of nitrogens with zero attached hydrogens (tertiary/aromatic N) is 1. The van der Waals surface area contributed by atoms with Gasteiger partial charge in [0.15, 0.2) is 0 Å². The Kier molecular flexibility index (Phi) is 7.70. The van der Waals surface area contributed by atoms with Crippen LogP contribution in [0.25, 0.3) is 0 Å². The molecule has 1 aromatic rings. The van der Waals surface area contributed by atoms with Gasteiger partial charge in [0.2, 0.25) is 5.91 Å². The Morgan fingerprint density at radius 1 is 1.38 bits per heavy atom. The molecule has 0 saturated carbocycles. The van der Waals surface area contributed by atoms with E-state index in [-0.39, 0.29) is 24.2 Å². The molecule has 1 aliphatic heterocycles. The van der Waals surface area contributed by atoms with Crippen LogP contribution in [0.15, 0.2) is 18.2 Å². The van der Waals surface area contributed by atoms with Gasteiger partial charge in [-0.25, -0.2) is 0 Å². The summed E-state index contributed by atoms with van der Waals surface area (Å²) in [4.78, 5) is 26.3. The topological polar surface area (TPSA) is 75.4 Å². The average molecular weight is 354 g/mol. The Hall–Kier alpha value is -1.59. The summed E-state index contributed by atoms with van der Waals surface area (Å²) >= 11 is 0. The second-order valence-corrected chi connectivity index (χ2v) is 6.82. The molecule has 1 atom stereocenters. The van der Waals surface area contributed by atoms with Crippen LogP contribution in [-0.4, -0.2) is 36.3 Å². The molecule has 6 heteroatoms. The summed E-state index contributed by atoms with van der Waals surface area (Å²) in [5.41, 5.74) is 8.03. The first-order chi connectivity index (χ1) is 10.9. The first kappa shape index (κ1) is 20.5. The first-order valence-electron chi connectivity index (χ1n) is 8.30. The maximum Gasteiger partial charge on any atom is 0.253 e. The van der Waals surface area contributed by atoms with Crippen LogP contribution < -0.4 is 11.1 Å². The molecule has 0 aromatic heterocycles. The summed E-state index contributed by atoms with van der Waals surface area (Å²) in [7, 11) is 0. The number of anilines is 1. The Labute approximate surface area is 150 Å². The number of amides is 2. The normalized spacial score (nSPS) is 16.9. The van der Waals surface area contributed by atoms with E-state index < -0.39 is 0 Å². The van der Waals surface area contributed by atoms with E-state index in [4.69, 9.17) is 5.73 Å². The SMILES string of the molecule is Cc1cc(C(=O)N2CCC(CN)C2)ccc1NC(=O)CC(C)C.Cl. The number of halogens is 1. The lowest BCUT2D eigenvalue weighted by molar-refractivity contribution is -0.116. The van der Waals surface area contributed by atoms with Crippen molar-refractivity contribution in [2.24, 2.45) is 17.6 Å². The molecule has 1 aliphatic rings. The van der Waals surface area contributed by atoms with Crippen molar-refractivity contribution in [1.29, 1.82) is 0 Å². The minimum atomic E-state index is 0. The Balaban J connectivity index is 0.00000288. The van der Waals surface area contributed by atoms with Crippen molar-refractivity contribution < 1.29 is 9.59 Å². The number of benzene rings is 1. The van der Waals surface area contributed by atoms with Crippen molar-refractivity contribution >= 4 is 29.9 Å². The summed E-state index contributed by atoms with van der Waals surface area (Å²) in [5.74, 6) is 0.785. The quantitative estimate of drug-likeness (QED) is 0.854. The highest BCUT2D eigenvalue weighted by atomic mass is 35.5. The molecule has 0 radical (unpaired) electrons. The third-order valence-electron chi connectivity index (χ3n) is 4.25. The highest BCUT2D eigenvalue weighted by Crippen LogP contribution is 2.21. The van der Waals surface area contributed by atoms with Gasteiger partial charge >= 0.3 is 0 Å². The van der Waals surface area contributed by atoms with Crippen LogP contribution in [0, 0.1) is 18.8 Å². The van der Waals surface area contributed by atoms with E-state index in [1.165, 1.54) is 0 Å². The number of nitrogens with two attached hydrogens (primary N) is 1. The number of carbonyl (C=O) groups is 2. The predicted octanol–water partition coefficient (Wildman–Crippen LogP) is 2.82. The fraction of sp³-hybridized carbons (Fsp3) is 0.556. The first-order valence-corrected chi connectivity index (χ1v) is 8.30. The summed E-state index contributed by atoms with van der Waals surface area (Å²) < 4.78 is 0. The number of likely N-dealkylation sites (tertiary alicyclic amines) is 1. The van der Waals surface area contributed by atoms with Gasteiger partial charge in [0.1, 0.15) is 0 Å². The van der Waals surface area contributed by atoms with Gasteiger partial charge in [0, 0.05) is 30.8 Å². The maximum absolute atomic E-state index is 12.5. The van der Waals surface area contributed by atoms with Crippen molar-refractivity contribution in [3.63, 3.8) is 0 Å². The van der Waals surface area contributed by atoms with Gasteiger partial charge in [-0.1, -0.05) is 13.8 Å². The minimum absolute atomic E-state index is 0. The zero-order valence-corrected chi connectivity index (χ0v) is 15.5. The number of nitrogens with one attached hydrogen (secondary N) is 1. The molecule has 0 bridgehead atoms. The molecule has 1 heterocycles. The fourth-order valence-electron chi connectivity index (χ4n) is 2.90. The summed E-state index contributed by atoms with van der Waals surface area (Å²) in [5, 5.41) is 2.91. The number of rotatable bonds is 5. The lowest BCUT2D eigenvalue weighted by Gasteiger charge is -2.17. The van der Waals surface area contributed by atoms with Crippen molar-refractivity contribution in [1.82, 2.24) is 4.90 Å². The lowest BCUT2D eigenvalue weighted by atomic mass is 10.1. The van der Waals surface area contributed by atoms with E-state index in [9.17, 15) is 9.59 Å². The predicted molar refractivity (Wildman–Crippen MR) is 99.6 cm³/mol. The van der Waals surface area contributed by atoms with E-state index in [0.717, 1.165) is 30.8 Å². The molecule has 2 rings (SSSR count). The standard InChI is InChI=1S/C18H27N3O2.ClH/c1-12(2)8-17(22)20-16-5-4-15(9-13(16)3)18(23)21-7-6-14(10-19)11-21;/h4-5,9,12,14H,6-8,10-11,19H2,1-3H3,(H,20,22);1H. The Bertz CT molecular complexity index is 590. The number of carbonyl (C=O) groups excluding carboxylic acids is 2. The molecule has 3 N–H and O–H groups in total. The monoisotopic (exact) mass is 353 g/mol. The average Bonchev–Trinajstić information content (AvgIpc) is 2.96. The van der Waals surface area contributed by atoms with Gasteiger partial charge in [-0.05, 0) is 55.5 Å². The van der Waals surface area contributed by atoms with Crippen LogP contribution in [0.2, 0.25) is 0 Å². The lowest BCUT2D eigenvalue weighted by Crippen LogP contribution is -2.30.